The Balaban J connectivity index is 1.90. The fraction of sp³-hybridized carbons (Fsp3) is 0.357. The number of aromatic amines is 1. The van der Waals surface area contributed by atoms with E-state index in [0.29, 0.717) is 6.04 Å². The monoisotopic (exact) mass is 276 g/mol. The molecule has 1 aromatic heterocycles. The Morgan fingerprint density at radius 3 is 2.84 bits per heavy atom. The summed E-state index contributed by atoms with van der Waals surface area (Å²) in [6.07, 6.45) is 3.94. The quantitative estimate of drug-likeness (QED) is 0.887. The van der Waals surface area contributed by atoms with Gasteiger partial charge in [-0.2, -0.15) is 5.10 Å². The molecule has 0 amide bonds. The summed E-state index contributed by atoms with van der Waals surface area (Å²) in [6, 6.07) is 8.15. The van der Waals surface area contributed by atoms with Gasteiger partial charge in [-0.05, 0) is 25.0 Å². The van der Waals surface area contributed by atoms with Gasteiger partial charge in [-0.25, -0.2) is 0 Å². The number of halogens is 1. The summed E-state index contributed by atoms with van der Waals surface area (Å²) < 4.78 is 0. The standard InChI is InChI=1S/C14H17ClN4/c15-11-3-1-2-10(8-11)14-13(9-17-18-14)19-6-4-12(16)5-7-19/h1-3,8-9,12H,4-7,16H2,(H,17,18). The number of nitrogens with one attached hydrogen (secondary N) is 1. The van der Waals surface area contributed by atoms with Gasteiger partial charge in [-0.1, -0.05) is 23.7 Å². The third kappa shape index (κ3) is 2.60. The molecule has 0 saturated carbocycles. The van der Waals surface area contributed by atoms with E-state index in [-0.39, 0.29) is 0 Å². The third-order valence-electron chi connectivity index (χ3n) is 3.61. The zero-order chi connectivity index (χ0) is 13.2. The molecule has 100 valence electrons. The Labute approximate surface area is 117 Å². The molecule has 1 aromatic carbocycles. The molecule has 1 aliphatic rings. The molecule has 0 unspecified atom stereocenters. The minimum Gasteiger partial charge on any atom is -0.368 e. The van der Waals surface area contributed by atoms with Crippen LogP contribution in [0.15, 0.2) is 30.5 Å². The molecule has 0 aliphatic carbocycles. The summed E-state index contributed by atoms with van der Waals surface area (Å²) >= 11 is 6.05. The summed E-state index contributed by atoms with van der Waals surface area (Å²) in [5, 5.41) is 7.99. The topological polar surface area (TPSA) is 57.9 Å². The molecular weight excluding hydrogens is 260 g/mol. The zero-order valence-electron chi connectivity index (χ0n) is 10.6. The Morgan fingerprint density at radius 2 is 2.11 bits per heavy atom. The van der Waals surface area contributed by atoms with Crippen LogP contribution in [-0.2, 0) is 0 Å². The van der Waals surface area contributed by atoms with E-state index < -0.39 is 0 Å². The van der Waals surface area contributed by atoms with Crippen molar-refractivity contribution in [2.45, 2.75) is 18.9 Å². The molecule has 2 aromatic rings. The normalized spacial score (nSPS) is 16.8. The smallest absolute Gasteiger partial charge is 0.0884 e. The first-order chi connectivity index (χ1) is 9.24. The first-order valence-electron chi connectivity index (χ1n) is 6.54. The number of benzene rings is 1. The first-order valence-corrected chi connectivity index (χ1v) is 6.91. The molecule has 0 radical (unpaired) electrons. The van der Waals surface area contributed by atoms with Gasteiger partial charge in [-0.3, -0.25) is 5.10 Å². The van der Waals surface area contributed by atoms with Gasteiger partial charge in [0.25, 0.3) is 0 Å². The van der Waals surface area contributed by atoms with Gasteiger partial charge >= 0.3 is 0 Å². The highest BCUT2D eigenvalue weighted by atomic mass is 35.5. The van der Waals surface area contributed by atoms with Crippen molar-refractivity contribution in [1.82, 2.24) is 10.2 Å². The predicted molar refractivity (Wildman–Crippen MR) is 78.5 cm³/mol. The van der Waals surface area contributed by atoms with Crippen molar-refractivity contribution in [3.05, 3.63) is 35.5 Å². The van der Waals surface area contributed by atoms with Crippen molar-refractivity contribution in [2.24, 2.45) is 5.73 Å². The predicted octanol–water partition coefficient (Wildman–Crippen LogP) is 2.66. The lowest BCUT2D eigenvalue weighted by Gasteiger charge is -2.31. The highest BCUT2D eigenvalue weighted by molar-refractivity contribution is 6.30. The molecule has 4 nitrogen and oxygen atoms in total. The minimum atomic E-state index is 0.331. The lowest BCUT2D eigenvalue weighted by Crippen LogP contribution is -2.39. The van der Waals surface area contributed by atoms with Crippen LogP contribution in [0, 0.1) is 0 Å². The van der Waals surface area contributed by atoms with E-state index >= 15 is 0 Å². The second kappa shape index (κ2) is 5.23. The molecule has 0 bridgehead atoms. The SMILES string of the molecule is NC1CCN(c2cn[nH]c2-c2cccc(Cl)c2)CC1. The van der Waals surface area contributed by atoms with E-state index in [9.17, 15) is 0 Å². The van der Waals surface area contributed by atoms with Gasteiger partial charge in [0.1, 0.15) is 0 Å². The molecule has 2 heterocycles. The van der Waals surface area contributed by atoms with Gasteiger partial charge in [0.2, 0.25) is 0 Å². The summed E-state index contributed by atoms with van der Waals surface area (Å²) in [5.74, 6) is 0. The number of H-pyrrole nitrogens is 1. The van der Waals surface area contributed by atoms with E-state index in [1.165, 1.54) is 0 Å². The van der Waals surface area contributed by atoms with Crippen molar-refractivity contribution < 1.29 is 0 Å². The van der Waals surface area contributed by atoms with E-state index in [2.05, 4.69) is 15.1 Å². The van der Waals surface area contributed by atoms with Gasteiger partial charge in [0, 0.05) is 29.7 Å². The Bertz CT molecular complexity index is 558. The molecule has 19 heavy (non-hydrogen) atoms. The van der Waals surface area contributed by atoms with Crippen LogP contribution in [0.1, 0.15) is 12.8 Å². The maximum absolute atomic E-state index is 6.05. The van der Waals surface area contributed by atoms with Crippen LogP contribution < -0.4 is 10.6 Å². The van der Waals surface area contributed by atoms with Crippen LogP contribution >= 0.6 is 11.6 Å². The van der Waals surface area contributed by atoms with Gasteiger partial charge in [0.05, 0.1) is 17.6 Å². The second-order valence-electron chi connectivity index (χ2n) is 4.97. The third-order valence-corrected chi connectivity index (χ3v) is 3.85. The van der Waals surface area contributed by atoms with E-state index in [1.807, 2.05) is 30.5 Å². The fourth-order valence-electron chi connectivity index (χ4n) is 2.52. The fourth-order valence-corrected chi connectivity index (χ4v) is 2.71. The summed E-state index contributed by atoms with van der Waals surface area (Å²) in [7, 11) is 0. The number of hydrogen-bond donors (Lipinski definition) is 2. The van der Waals surface area contributed by atoms with Crippen LogP contribution in [0.5, 0.6) is 0 Å². The van der Waals surface area contributed by atoms with Gasteiger partial charge in [0.15, 0.2) is 0 Å². The van der Waals surface area contributed by atoms with Crippen molar-refractivity contribution >= 4 is 17.3 Å². The number of hydrogen-bond acceptors (Lipinski definition) is 3. The van der Waals surface area contributed by atoms with Crippen molar-refractivity contribution in [3.63, 3.8) is 0 Å². The van der Waals surface area contributed by atoms with Crippen LogP contribution in [0.2, 0.25) is 5.02 Å². The Morgan fingerprint density at radius 1 is 1.32 bits per heavy atom. The molecule has 3 rings (SSSR count). The molecule has 1 fully saturated rings. The van der Waals surface area contributed by atoms with E-state index in [1.54, 1.807) is 0 Å². The van der Waals surface area contributed by atoms with Crippen molar-refractivity contribution in [1.29, 1.82) is 0 Å². The lowest BCUT2D eigenvalue weighted by atomic mass is 10.0. The maximum Gasteiger partial charge on any atom is 0.0884 e. The van der Waals surface area contributed by atoms with Crippen LogP contribution in [0.4, 0.5) is 5.69 Å². The highest BCUT2D eigenvalue weighted by Crippen LogP contribution is 2.31. The summed E-state index contributed by atoms with van der Waals surface area (Å²) in [6.45, 7) is 1.96. The highest BCUT2D eigenvalue weighted by Gasteiger charge is 2.20. The second-order valence-corrected chi connectivity index (χ2v) is 5.40. The van der Waals surface area contributed by atoms with E-state index in [0.717, 1.165) is 47.9 Å². The average molecular weight is 277 g/mol. The van der Waals surface area contributed by atoms with Crippen LogP contribution in [0.25, 0.3) is 11.3 Å². The van der Waals surface area contributed by atoms with Crippen LogP contribution in [-0.4, -0.2) is 29.3 Å². The first kappa shape index (κ1) is 12.5. The number of nitrogens with zero attached hydrogens (tertiary/aromatic N) is 2. The number of piperidine rings is 1. The molecule has 3 N–H and O–H groups in total. The van der Waals surface area contributed by atoms with Gasteiger partial charge in [-0.15, -0.1) is 0 Å². The zero-order valence-corrected chi connectivity index (χ0v) is 11.4. The minimum absolute atomic E-state index is 0.331. The van der Waals surface area contributed by atoms with Crippen LogP contribution in [0.3, 0.4) is 0 Å². The van der Waals surface area contributed by atoms with E-state index in [4.69, 9.17) is 17.3 Å². The molecule has 0 spiro atoms. The van der Waals surface area contributed by atoms with Gasteiger partial charge < -0.3 is 10.6 Å². The number of aromatic nitrogens is 2. The summed E-state index contributed by atoms with van der Waals surface area (Å²) in [4.78, 5) is 2.34. The molecular formula is C14H17ClN4. The van der Waals surface area contributed by atoms with Crippen molar-refractivity contribution in [2.75, 3.05) is 18.0 Å². The molecule has 0 atom stereocenters. The lowest BCUT2D eigenvalue weighted by molar-refractivity contribution is 0.501. The average Bonchev–Trinajstić information content (AvgIpc) is 2.89. The summed E-state index contributed by atoms with van der Waals surface area (Å²) in [5.41, 5.74) is 9.18. The van der Waals surface area contributed by atoms with Crippen molar-refractivity contribution in [3.8, 4) is 11.3 Å². The number of rotatable bonds is 2. The Kier molecular flexibility index (Phi) is 3.44. The number of anilines is 1. The largest absolute Gasteiger partial charge is 0.368 e. The molecule has 5 heteroatoms. The molecule has 1 saturated heterocycles. The molecule has 1 aliphatic heterocycles. The maximum atomic E-state index is 6.05. The Hall–Kier alpha value is -1.52. The number of nitrogens with two attached hydrogens (primary N) is 1.